The molecule has 1 unspecified atom stereocenters. The number of non-ortho nitro benzene ring substituents is 1. The number of nitrogens with zero attached hydrogens (tertiary/aromatic N) is 1. The van der Waals surface area contributed by atoms with E-state index in [0.717, 1.165) is 25.5 Å². The van der Waals surface area contributed by atoms with Gasteiger partial charge in [-0.3, -0.25) is 10.1 Å². The van der Waals surface area contributed by atoms with Crippen molar-refractivity contribution in [2.75, 3.05) is 13.2 Å². The summed E-state index contributed by atoms with van der Waals surface area (Å²) in [6.45, 7) is 3.83. The highest BCUT2D eigenvalue weighted by Gasteiger charge is 2.29. The number of benzene rings is 1. The average Bonchev–Trinajstić information content (AvgIpc) is 2.75. The first-order valence-electron chi connectivity index (χ1n) is 6.27. The van der Waals surface area contributed by atoms with Crippen molar-refractivity contribution in [3.63, 3.8) is 0 Å². The molecule has 0 aromatic heterocycles. The molecular weight excluding hydrogens is 251 g/mol. The summed E-state index contributed by atoms with van der Waals surface area (Å²) >= 11 is 0. The van der Waals surface area contributed by atoms with Crippen LogP contribution >= 0.6 is 0 Å². The smallest absolute Gasteiger partial charge is 0.272 e. The SMILES string of the molecule is CC1(CNCc2cc(F)cc([N+](=O)[O-])c2)CCCO1. The van der Waals surface area contributed by atoms with E-state index in [2.05, 4.69) is 5.32 Å². The van der Waals surface area contributed by atoms with E-state index in [0.29, 0.717) is 18.7 Å². The van der Waals surface area contributed by atoms with Crippen LogP contribution in [0.1, 0.15) is 25.3 Å². The Kier molecular flexibility index (Phi) is 4.11. The lowest BCUT2D eigenvalue weighted by molar-refractivity contribution is -0.385. The highest BCUT2D eigenvalue weighted by Crippen LogP contribution is 2.24. The van der Waals surface area contributed by atoms with Gasteiger partial charge in [0, 0.05) is 25.8 Å². The Bertz CT molecular complexity index is 473. The number of hydrogen-bond acceptors (Lipinski definition) is 4. The van der Waals surface area contributed by atoms with Gasteiger partial charge in [0.25, 0.3) is 5.69 Å². The van der Waals surface area contributed by atoms with Crippen LogP contribution in [-0.4, -0.2) is 23.7 Å². The fraction of sp³-hybridized carbons (Fsp3) is 0.538. The molecule has 104 valence electrons. The van der Waals surface area contributed by atoms with E-state index >= 15 is 0 Å². The predicted octanol–water partition coefficient (Wildman–Crippen LogP) is 2.39. The van der Waals surface area contributed by atoms with Crippen molar-refractivity contribution in [3.8, 4) is 0 Å². The quantitative estimate of drug-likeness (QED) is 0.658. The van der Waals surface area contributed by atoms with Crippen molar-refractivity contribution in [1.82, 2.24) is 5.32 Å². The van der Waals surface area contributed by atoms with Crippen molar-refractivity contribution in [2.45, 2.75) is 31.9 Å². The molecular formula is C13H17FN2O3. The predicted molar refractivity (Wildman–Crippen MR) is 68.4 cm³/mol. The fourth-order valence-electron chi connectivity index (χ4n) is 2.29. The van der Waals surface area contributed by atoms with Crippen LogP contribution in [0.3, 0.4) is 0 Å². The minimum Gasteiger partial charge on any atom is -0.374 e. The second kappa shape index (κ2) is 5.63. The van der Waals surface area contributed by atoms with Crippen LogP contribution in [0.25, 0.3) is 0 Å². The van der Waals surface area contributed by atoms with Crippen LogP contribution in [-0.2, 0) is 11.3 Å². The van der Waals surface area contributed by atoms with Gasteiger partial charge in [-0.05, 0) is 31.4 Å². The van der Waals surface area contributed by atoms with Gasteiger partial charge in [0.15, 0.2) is 0 Å². The largest absolute Gasteiger partial charge is 0.374 e. The first-order chi connectivity index (χ1) is 8.98. The number of halogens is 1. The molecule has 0 radical (unpaired) electrons. The molecule has 0 bridgehead atoms. The molecule has 0 amide bonds. The van der Waals surface area contributed by atoms with Gasteiger partial charge in [-0.25, -0.2) is 4.39 Å². The zero-order valence-corrected chi connectivity index (χ0v) is 10.8. The molecule has 1 aliphatic heterocycles. The molecule has 1 aliphatic rings. The maximum atomic E-state index is 13.2. The van der Waals surface area contributed by atoms with Gasteiger partial charge in [0.05, 0.1) is 16.6 Å². The third-order valence-corrected chi connectivity index (χ3v) is 3.28. The monoisotopic (exact) mass is 268 g/mol. The van der Waals surface area contributed by atoms with Crippen molar-refractivity contribution in [3.05, 3.63) is 39.7 Å². The van der Waals surface area contributed by atoms with Crippen LogP contribution in [0.5, 0.6) is 0 Å². The highest BCUT2D eigenvalue weighted by molar-refractivity contribution is 5.35. The lowest BCUT2D eigenvalue weighted by Gasteiger charge is -2.23. The molecule has 2 rings (SSSR count). The minimum atomic E-state index is -0.589. The Hall–Kier alpha value is -1.53. The lowest BCUT2D eigenvalue weighted by atomic mass is 10.0. The Balaban J connectivity index is 1.94. The zero-order chi connectivity index (χ0) is 13.9. The van der Waals surface area contributed by atoms with Gasteiger partial charge < -0.3 is 10.1 Å². The molecule has 1 atom stereocenters. The molecule has 1 heterocycles. The second-order valence-corrected chi connectivity index (χ2v) is 5.08. The normalized spacial score (nSPS) is 22.6. The van der Waals surface area contributed by atoms with E-state index in [1.807, 2.05) is 6.92 Å². The fourth-order valence-corrected chi connectivity index (χ4v) is 2.29. The van der Waals surface area contributed by atoms with Gasteiger partial charge in [0.2, 0.25) is 0 Å². The second-order valence-electron chi connectivity index (χ2n) is 5.08. The first kappa shape index (κ1) is 13.9. The Morgan fingerprint density at radius 1 is 1.53 bits per heavy atom. The molecule has 6 heteroatoms. The van der Waals surface area contributed by atoms with Gasteiger partial charge in [-0.2, -0.15) is 0 Å². The van der Waals surface area contributed by atoms with E-state index in [4.69, 9.17) is 4.74 Å². The minimum absolute atomic E-state index is 0.181. The number of nitro groups is 1. The molecule has 1 N–H and O–H groups in total. The molecule has 1 fully saturated rings. The average molecular weight is 268 g/mol. The molecule has 19 heavy (non-hydrogen) atoms. The molecule has 5 nitrogen and oxygen atoms in total. The molecule has 0 spiro atoms. The summed E-state index contributed by atoms with van der Waals surface area (Å²) < 4.78 is 18.9. The first-order valence-corrected chi connectivity index (χ1v) is 6.27. The standard InChI is InChI=1S/C13H17FN2O3/c1-13(3-2-4-19-13)9-15-8-10-5-11(14)7-12(6-10)16(17)18/h5-7,15H,2-4,8-9H2,1H3. The maximum absolute atomic E-state index is 13.2. The van der Waals surface area contributed by atoms with Crippen molar-refractivity contribution >= 4 is 5.69 Å². The van der Waals surface area contributed by atoms with Crippen LogP contribution in [0.15, 0.2) is 18.2 Å². The summed E-state index contributed by atoms with van der Waals surface area (Å²) in [4.78, 5) is 10.0. The van der Waals surface area contributed by atoms with Crippen LogP contribution in [0.4, 0.5) is 10.1 Å². The van der Waals surface area contributed by atoms with Crippen LogP contribution < -0.4 is 5.32 Å². The summed E-state index contributed by atoms with van der Waals surface area (Å²) in [6.07, 6.45) is 2.03. The summed E-state index contributed by atoms with van der Waals surface area (Å²) in [5.74, 6) is -0.589. The maximum Gasteiger partial charge on any atom is 0.272 e. The van der Waals surface area contributed by atoms with Gasteiger partial charge in [-0.1, -0.05) is 0 Å². The molecule has 1 aromatic rings. The van der Waals surface area contributed by atoms with E-state index < -0.39 is 10.7 Å². The number of hydrogen-bond donors (Lipinski definition) is 1. The Morgan fingerprint density at radius 3 is 2.95 bits per heavy atom. The third-order valence-electron chi connectivity index (χ3n) is 3.28. The number of nitrogens with one attached hydrogen (secondary N) is 1. The Morgan fingerprint density at radius 2 is 2.32 bits per heavy atom. The lowest BCUT2D eigenvalue weighted by Crippen LogP contribution is -2.36. The van der Waals surface area contributed by atoms with Crippen LogP contribution in [0.2, 0.25) is 0 Å². The summed E-state index contributed by atoms with van der Waals surface area (Å²) in [5.41, 5.74) is 0.160. The van der Waals surface area contributed by atoms with Gasteiger partial charge in [0.1, 0.15) is 5.82 Å². The van der Waals surface area contributed by atoms with Gasteiger partial charge >= 0.3 is 0 Å². The molecule has 0 aliphatic carbocycles. The third kappa shape index (κ3) is 3.71. The molecule has 1 aromatic carbocycles. The zero-order valence-electron chi connectivity index (χ0n) is 10.8. The van der Waals surface area contributed by atoms with Gasteiger partial charge in [-0.15, -0.1) is 0 Å². The highest BCUT2D eigenvalue weighted by atomic mass is 19.1. The molecule has 0 saturated carbocycles. The summed E-state index contributed by atoms with van der Waals surface area (Å²) in [5, 5.41) is 13.8. The summed E-state index contributed by atoms with van der Waals surface area (Å²) in [7, 11) is 0. The number of ether oxygens (including phenoxy) is 1. The number of nitro benzene ring substituents is 1. The van der Waals surface area contributed by atoms with E-state index in [1.165, 1.54) is 12.1 Å². The Labute approximate surface area is 110 Å². The summed E-state index contributed by atoms with van der Waals surface area (Å²) in [6, 6.07) is 3.61. The van der Waals surface area contributed by atoms with E-state index in [-0.39, 0.29) is 11.3 Å². The van der Waals surface area contributed by atoms with Crippen LogP contribution in [0, 0.1) is 15.9 Å². The van der Waals surface area contributed by atoms with Crippen molar-refractivity contribution < 1.29 is 14.1 Å². The van der Waals surface area contributed by atoms with E-state index in [1.54, 1.807) is 0 Å². The van der Waals surface area contributed by atoms with Crippen molar-refractivity contribution in [1.29, 1.82) is 0 Å². The number of rotatable bonds is 5. The topological polar surface area (TPSA) is 64.4 Å². The van der Waals surface area contributed by atoms with Crippen molar-refractivity contribution in [2.24, 2.45) is 0 Å². The van der Waals surface area contributed by atoms with E-state index in [9.17, 15) is 14.5 Å². The molecule has 1 saturated heterocycles.